The molecular weight excluding hydrogens is 376 g/mol. The smallest absolute Gasteiger partial charge is 0.272 e. The predicted molar refractivity (Wildman–Crippen MR) is 112 cm³/mol. The van der Waals surface area contributed by atoms with Crippen molar-refractivity contribution in [2.45, 2.75) is 31.7 Å². The van der Waals surface area contributed by atoms with E-state index in [9.17, 15) is 4.79 Å². The molecule has 1 aromatic carbocycles. The van der Waals surface area contributed by atoms with Crippen LogP contribution in [0.3, 0.4) is 0 Å². The molecule has 0 spiro atoms. The number of nitrogens with zero attached hydrogens (tertiary/aromatic N) is 1. The molecule has 28 heavy (non-hydrogen) atoms. The number of pyridine rings is 1. The summed E-state index contributed by atoms with van der Waals surface area (Å²) in [5, 5.41) is 3.83. The summed E-state index contributed by atoms with van der Waals surface area (Å²) < 4.78 is 16.2. The highest BCUT2D eigenvalue weighted by atomic mass is 32.2. The molecule has 6 nitrogen and oxygen atoms in total. The number of terminal acetylenes is 1. The molecule has 0 aliphatic rings. The summed E-state index contributed by atoms with van der Waals surface area (Å²) in [6, 6.07) is 5.60. The number of thioether (sulfide) groups is 1. The summed E-state index contributed by atoms with van der Waals surface area (Å²) in [4.78, 5) is 17.1. The standard InChI is InChI=1S/C21H26N2O4S/c1-7-15-9-16-10-17(8-14(2)18(16)22-11-15)27-20(28-6)19(24)23-21(3,4)12-26-13-25-5/h1,8-11,20H,12-13H2,2-6H3,(H,23,24). The quantitative estimate of drug-likeness (QED) is 0.395. The Bertz CT molecular complexity index is 877. The van der Waals surface area contributed by atoms with Crippen molar-refractivity contribution in [3.8, 4) is 18.1 Å². The van der Waals surface area contributed by atoms with Crippen molar-refractivity contribution >= 4 is 28.6 Å². The number of nitrogens with one attached hydrogen (secondary N) is 1. The number of aryl methyl sites for hydroxylation is 1. The zero-order valence-corrected chi connectivity index (χ0v) is 17.7. The van der Waals surface area contributed by atoms with E-state index in [1.165, 1.54) is 11.8 Å². The number of hydrogen-bond acceptors (Lipinski definition) is 6. The Kier molecular flexibility index (Phi) is 7.69. The molecule has 1 atom stereocenters. The van der Waals surface area contributed by atoms with E-state index >= 15 is 0 Å². The Morgan fingerprint density at radius 2 is 2.14 bits per heavy atom. The van der Waals surface area contributed by atoms with Crippen LogP contribution in [0.5, 0.6) is 5.75 Å². The van der Waals surface area contributed by atoms with Gasteiger partial charge >= 0.3 is 0 Å². The van der Waals surface area contributed by atoms with E-state index in [0.717, 1.165) is 16.5 Å². The zero-order chi connectivity index (χ0) is 20.7. The molecule has 1 N–H and O–H groups in total. The first-order chi connectivity index (χ1) is 13.3. The van der Waals surface area contributed by atoms with Crippen LogP contribution in [0.25, 0.3) is 10.9 Å². The van der Waals surface area contributed by atoms with E-state index in [1.54, 1.807) is 13.3 Å². The molecule has 1 amide bonds. The summed E-state index contributed by atoms with van der Waals surface area (Å²) in [7, 11) is 1.55. The minimum atomic E-state index is -0.706. The maximum Gasteiger partial charge on any atom is 0.272 e. The summed E-state index contributed by atoms with van der Waals surface area (Å²) in [6.45, 7) is 6.20. The van der Waals surface area contributed by atoms with E-state index in [2.05, 4.69) is 16.2 Å². The first-order valence-electron chi connectivity index (χ1n) is 8.75. The Hall–Kier alpha value is -2.27. The van der Waals surface area contributed by atoms with Gasteiger partial charge in [0.15, 0.2) is 0 Å². The minimum absolute atomic E-state index is 0.172. The van der Waals surface area contributed by atoms with Gasteiger partial charge in [0.05, 0.1) is 17.7 Å². The van der Waals surface area contributed by atoms with Gasteiger partial charge < -0.3 is 19.5 Å². The van der Waals surface area contributed by atoms with Gasteiger partial charge in [0, 0.05) is 24.3 Å². The largest absolute Gasteiger partial charge is 0.470 e. The summed E-state index contributed by atoms with van der Waals surface area (Å²) in [5.41, 5.74) is 1.23. The van der Waals surface area contributed by atoms with Crippen molar-refractivity contribution in [3.63, 3.8) is 0 Å². The molecule has 0 saturated heterocycles. The molecule has 2 rings (SSSR count). The second kappa shape index (κ2) is 9.78. The van der Waals surface area contributed by atoms with Gasteiger partial charge in [0.2, 0.25) is 5.44 Å². The molecule has 0 bridgehead atoms. The van der Waals surface area contributed by atoms with Crippen LogP contribution in [-0.2, 0) is 14.3 Å². The molecule has 2 aromatic rings. The van der Waals surface area contributed by atoms with Crippen LogP contribution in [-0.4, -0.2) is 48.6 Å². The number of hydrogen-bond donors (Lipinski definition) is 1. The van der Waals surface area contributed by atoms with Gasteiger partial charge in [-0.1, -0.05) is 5.92 Å². The maximum atomic E-state index is 12.7. The summed E-state index contributed by atoms with van der Waals surface area (Å²) in [5.74, 6) is 2.94. The van der Waals surface area contributed by atoms with E-state index in [4.69, 9.17) is 20.6 Å². The number of rotatable bonds is 9. The number of benzene rings is 1. The van der Waals surface area contributed by atoms with E-state index in [-0.39, 0.29) is 12.7 Å². The second-order valence-corrected chi connectivity index (χ2v) is 7.89. The van der Waals surface area contributed by atoms with Crippen LogP contribution in [0, 0.1) is 19.3 Å². The number of amides is 1. The monoisotopic (exact) mass is 402 g/mol. The van der Waals surface area contributed by atoms with Gasteiger partial charge in [-0.3, -0.25) is 9.78 Å². The lowest BCUT2D eigenvalue weighted by atomic mass is 10.1. The van der Waals surface area contributed by atoms with Crippen LogP contribution in [0.2, 0.25) is 0 Å². The Morgan fingerprint density at radius 3 is 2.79 bits per heavy atom. The molecular formula is C21H26N2O4S. The normalized spacial score (nSPS) is 12.4. The molecule has 0 aliphatic carbocycles. The van der Waals surface area contributed by atoms with Gasteiger partial charge in [0.1, 0.15) is 12.5 Å². The number of aromatic nitrogens is 1. The number of carbonyl (C=O) groups is 1. The third-order valence-electron chi connectivity index (χ3n) is 3.91. The Labute approximate surface area is 170 Å². The highest BCUT2D eigenvalue weighted by Crippen LogP contribution is 2.26. The molecule has 0 radical (unpaired) electrons. The van der Waals surface area contributed by atoms with Gasteiger partial charge in [-0.05, 0) is 50.8 Å². The fourth-order valence-electron chi connectivity index (χ4n) is 2.69. The van der Waals surface area contributed by atoms with Crippen LogP contribution in [0.15, 0.2) is 24.4 Å². The van der Waals surface area contributed by atoms with Crippen LogP contribution in [0.1, 0.15) is 25.0 Å². The summed E-state index contributed by atoms with van der Waals surface area (Å²) >= 11 is 1.31. The van der Waals surface area contributed by atoms with Crippen molar-refractivity contribution in [3.05, 3.63) is 35.5 Å². The van der Waals surface area contributed by atoms with E-state index < -0.39 is 11.0 Å². The third kappa shape index (κ3) is 5.86. The SMILES string of the molecule is C#Cc1cnc2c(C)cc(OC(SC)C(=O)NC(C)(C)COCOC)cc2c1. The Morgan fingerprint density at radius 1 is 1.39 bits per heavy atom. The van der Waals surface area contributed by atoms with E-state index in [1.807, 2.05) is 45.2 Å². The molecule has 1 heterocycles. The average molecular weight is 403 g/mol. The highest BCUT2D eigenvalue weighted by Gasteiger charge is 2.27. The third-order valence-corrected chi connectivity index (χ3v) is 4.65. The van der Waals surface area contributed by atoms with Crippen LogP contribution in [0.4, 0.5) is 0 Å². The van der Waals surface area contributed by atoms with Gasteiger partial charge in [-0.2, -0.15) is 0 Å². The van der Waals surface area contributed by atoms with Crippen molar-refractivity contribution < 1.29 is 19.0 Å². The van der Waals surface area contributed by atoms with Crippen molar-refractivity contribution in [2.75, 3.05) is 26.8 Å². The van der Waals surface area contributed by atoms with Gasteiger partial charge in [0.25, 0.3) is 5.91 Å². The Balaban J connectivity index is 2.15. The molecule has 0 fully saturated rings. The van der Waals surface area contributed by atoms with Crippen LogP contribution < -0.4 is 10.1 Å². The summed E-state index contributed by atoms with van der Waals surface area (Å²) in [6.07, 6.45) is 8.96. The molecule has 0 aliphatic heterocycles. The molecule has 1 aromatic heterocycles. The van der Waals surface area contributed by atoms with Gasteiger partial charge in [-0.15, -0.1) is 18.2 Å². The predicted octanol–water partition coefficient (Wildman–Crippen LogP) is 3.11. The second-order valence-electron chi connectivity index (χ2n) is 6.99. The van der Waals surface area contributed by atoms with Crippen molar-refractivity contribution in [2.24, 2.45) is 0 Å². The number of carbonyl (C=O) groups excluding carboxylic acids is 1. The average Bonchev–Trinajstić information content (AvgIpc) is 2.65. The van der Waals surface area contributed by atoms with Gasteiger partial charge in [-0.25, -0.2) is 0 Å². The van der Waals surface area contributed by atoms with E-state index in [0.29, 0.717) is 17.9 Å². The molecule has 1 unspecified atom stereocenters. The lowest BCUT2D eigenvalue weighted by molar-refractivity contribution is -0.127. The fourth-order valence-corrected chi connectivity index (χ4v) is 3.17. The first kappa shape index (κ1) is 22.0. The zero-order valence-electron chi connectivity index (χ0n) is 16.9. The molecule has 0 saturated carbocycles. The number of fused-ring (bicyclic) bond motifs is 1. The number of ether oxygens (including phenoxy) is 3. The number of methoxy groups -OCH3 is 1. The van der Waals surface area contributed by atoms with Crippen molar-refractivity contribution in [1.29, 1.82) is 0 Å². The minimum Gasteiger partial charge on any atom is -0.470 e. The highest BCUT2D eigenvalue weighted by molar-refractivity contribution is 7.99. The maximum absolute atomic E-state index is 12.7. The fraction of sp³-hybridized carbons (Fsp3) is 0.429. The first-order valence-corrected chi connectivity index (χ1v) is 10.0. The lowest BCUT2D eigenvalue weighted by Crippen LogP contribution is -2.51. The molecule has 150 valence electrons. The molecule has 7 heteroatoms. The van der Waals surface area contributed by atoms with Crippen LogP contribution >= 0.6 is 11.8 Å². The van der Waals surface area contributed by atoms with Crippen molar-refractivity contribution in [1.82, 2.24) is 10.3 Å². The topological polar surface area (TPSA) is 69.7 Å². The lowest BCUT2D eigenvalue weighted by Gasteiger charge is -2.28.